The first-order valence-corrected chi connectivity index (χ1v) is 12.0. The Morgan fingerprint density at radius 1 is 0.964 bits per heavy atom. The average Bonchev–Trinajstić information content (AvgIpc) is 2.72. The second-order valence-corrected chi connectivity index (χ2v) is 9.21. The molecule has 1 atom stereocenters. The van der Waals surface area contributed by atoms with Crippen molar-refractivity contribution in [2.45, 2.75) is 36.7 Å². The third kappa shape index (κ3) is 7.60. The standard InChI is InChI=1S/C22H25BrO4S/c23-17-9-7-13-20(27-22(24)19-11-3-1-4-12-19)14-8-10-18-28(25,26)21-15-5-2-6-16-21/h1-6,8,10-12,15-16,20H,7,9,13-14,17-18H2/b10-8+. The van der Waals surface area contributed by atoms with Gasteiger partial charge >= 0.3 is 5.97 Å². The number of sulfone groups is 1. The van der Waals surface area contributed by atoms with E-state index >= 15 is 0 Å². The minimum absolute atomic E-state index is 0.0717. The van der Waals surface area contributed by atoms with E-state index in [0.29, 0.717) is 16.9 Å². The number of hydrogen-bond acceptors (Lipinski definition) is 4. The number of rotatable bonds is 11. The van der Waals surface area contributed by atoms with Crippen LogP contribution in [0.15, 0.2) is 77.7 Å². The first-order chi connectivity index (χ1) is 13.5. The van der Waals surface area contributed by atoms with Crippen LogP contribution in [0.5, 0.6) is 0 Å². The largest absolute Gasteiger partial charge is 0.458 e. The van der Waals surface area contributed by atoms with Gasteiger partial charge in [-0.25, -0.2) is 13.2 Å². The van der Waals surface area contributed by atoms with E-state index in [4.69, 9.17) is 4.74 Å². The van der Waals surface area contributed by atoms with E-state index in [1.54, 1.807) is 66.7 Å². The zero-order chi connectivity index (χ0) is 20.2. The molecule has 0 saturated heterocycles. The quantitative estimate of drug-likeness (QED) is 0.198. The van der Waals surface area contributed by atoms with Crippen molar-refractivity contribution >= 4 is 31.7 Å². The number of carbonyl (C=O) groups excluding carboxylic acids is 1. The summed E-state index contributed by atoms with van der Waals surface area (Å²) in [5.41, 5.74) is 0.517. The third-order valence-electron chi connectivity index (χ3n) is 4.18. The summed E-state index contributed by atoms with van der Waals surface area (Å²) < 4.78 is 30.3. The maximum Gasteiger partial charge on any atom is 0.338 e. The summed E-state index contributed by atoms with van der Waals surface area (Å²) in [5.74, 6) is -0.424. The van der Waals surface area contributed by atoms with Gasteiger partial charge in [0.15, 0.2) is 9.84 Å². The molecular formula is C22H25BrO4S. The van der Waals surface area contributed by atoms with E-state index in [2.05, 4.69) is 15.9 Å². The predicted molar refractivity (Wildman–Crippen MR) is 116 cm³/mol. The summed E-state index contributed by atoms with van der Waals surface area (Å²) in [4.78, 5) is 12.6. The van der Waals surface area contributed by atoms with Gasteiger partial charge in [-0.2, -0.15) is 0 Å². The molecule has 0 aliphatic carbocycles. The van der Waals surface area contributed by atoms with E-state index in [9.17, 15) is 13.2 Å². The van der Waals surface area contributed by atoms with Gasteiger partial charge < -0.3 is 4.74 Å². The Morgan fingerprint density at radius 2 is 1.61 bits per heavy atom. The van der Waals surface area contributed by atoms with Crippen molar-refractivity contribution in [2.24, 2.45) is 0 Å². The lowest BCUT2D eigenvalue weighted by atomic mass is 10.1. The highest BCUT2D eigenvalue weighted by Gasteiger charge is 2.15. The lowest BCUT2D eigenvalue weighted by molar-refractivity contribution is 0.0284. The number of unbranched alkanes of at least 4 members (excludes halogenated alkanes) is 1. The molecule has 4 nitrogen and oxygen atoms in total. The molecule has 0 fully saturated rings. The molecule has 0 heterocycles. The van der Waals surface area contributed by atoms with Crippen molar-refractivity contribution in [2.75, 3.05) is 11.1 Å². The van der Waals surface area contributed by atoms with Crippen LogP contribution < -0.4 is 0 Å². The zero-order valence-electron chi connectivity index (χ0n) is 15.7. The van der Waals surface area contributed by atoms with Crippen LogP contribution in [0.3, 0.4) is 0 Å². The number of carbonyl (C=O) groups is 1. The summed E-state index contributed by atoms with van der Waals surface area (Å²) >= 11 is 3.41. The molecule has 150 valence electrons. The van der Waals surface area contributed by atoms with E-state index in [-0.39, 0.29) is 17.8 Å². The van der Waals surface area contributed by atoms with E-state index in [0.717, 1.165) is 24.6 Å². The van der Waals surface area contributed by atoms with E-state index in [1.165, 1.54) is 0 Å². The molecule has 1 unspecified atom stereocenters. The molecule has 6 heteroatoms. The van der Waals surface area contributed by atoms with Crippen molar-refractivity contribution in [3.05, 3.63) is 78.4 Å². The van der Waals surface area contributed by atoms with Crippen molar-refractivity contribution in [1.82, 2.24) is 0 Å². The number of benzene rings is 2. The molecule has 0 aromatic heterocycles. The second-order valence-electron chi connectivity index (χ2n) is 6.38. The van der Waals surface area contributed by atoms with Gasteiger partial charge in [0.25, 0.3) is 0 Å². The van der Waals surface area contributed by atoms with E-state index < -0.39 is 9.84 Å². The normalized spacial score (nSPS) is 12.8. The van der Waals surface area contributed by atoms with Gasteiger partial charge in [0.1, 0.15) is 6.10 Å². The van der Waals surface area contributed by atoms with Gasteiger partial charge in [-0.1, -0.05) is 64.5 Å². The topological polar surface area (TPSA) is 60.4 Å². The minimum Gasteiger partial charge on any atom is -0.458 e. The van der Waals surface area contributed by atoms with Crippen molar-refractivity contribution in [3.63, 3.8) is 0 Å². The van der Waals surface area contributed by atoms with Gasteiger partial charge in [0.05, 0.1) is 16.2 Å². The first-order valence-electron chi connectivity index (χ1n) is 9.28. The Kier molecular flexibility index (Phi) is 9.44. The number of esters is 1. The number of ether oxygens (including phenoxy) is 1. The fourth-order valence-electron chi connectivity index (χ4n) is 2.65. The number of hydrogen-bond donors (Lipinski definition) is 0. The Bertz CT molecular complexity index is 849. The van der Waals surface area contributed by atoms with Crippen molar-refractivity contribution < 1.29 is 17.9 Å². The smallest absolute Gasteiger partial charge is 0.338 e. The summed E-state index contributed by atoms with van der Waals surface area (Å²) in [6, 6.07) is 17.3. The first kappa shape index (κ1) is 22.4. The number of alkyl halides is 1. The van der Waals surface area contributed by atoms with E-state index in [1.807, 2.05) is 6.07 Å². The lowest BCUT2D eigenvalue weighted by Crippen LogP contribution is -2.18. The van der Waals surface area contributed by atoms with Gasteiger partial charge in [-0.05, 0) is 43.5 Å². The Morgan fingerprint density at radius 3 is 2.25 bits per heavy atom. The molecule has 0 amide bonds. The van der Waals surface area contributed by atoms with Crippen LogP contribution in [0.25, 0.3) is 0 Å². The van der Waals surface area contributed by atoms with Gasteiger partial charge in [-0.15, -0.1) is 0 Å². The third-order valence-corrected chi connectivity index (χ3v) is 6.36. The summed E-state index contributed by atoms with van der Waals surface area (Å²) in [7, 11) is -3.35. The van der Waals surface area contributed by atoms with Crippen molar-refractivity contribution in [1.29, 1.82) is 0 Å². The lowest BCUT2D eigenvalue weighted by Gasteiger charge is -2.16. The number of halogens is 1. The fraction of sp³-hybridized carbons (Fsp3) is 0.318. The van der Waals surface area contributed by atoms with Gasteiger partial charge in [0, 0.05) is 11.8 Å². The molecule has 2 aromatic rings. The molecular weight excluding hydrogens is 440 g/mol. The SMILES string of the molecule is O=C(OC(C/C=C/CS(=O)(=O)c1ccccc1)CCCCBr)c1ccccc1. The van der Waals surface area contributed by atoms with Gasteiger partial charge in [-0.3, -0.25) is 0 Å². The highest BCUT2D eigenvalue weighted by Crippen LogP contribution is 2.15. The monoisotopic (exact) mass is 464 g/mol. The van der Waals surface area contributed by atoms with Crippen LogP contribution in [0.2, 0.25) is 0 Å². The fourth-order valence-corrected chi connectivity index (χ4v) is 4.20. The molecule has 0 spiro atoms. The van der Waals surface area contributed by atoms with Crippen LogP contribution >= 0.6 is 15.9 Å². The highest BCUT2D eigenvalue weighted by molar-refractivity contribution is 9.09. The van der Waals surface area contributed by atoms with Crippen LogP contribution in [0.1, 0.15) is 36.0 Å². The highest BCUT2D eigenvalue weighted by atomic mass is 79.9. The minimum atomic E-state index is -3.35. The summed E-state index contributed by atoms with van der Waals surface area (Å²) in [5, 5.41) is 0.900. The van der Waals surface area contributed by atoms with Crippen LogP contribution in [-0.4, -0.2) is 31.6 Å². The molecule has 2 aromatic carbocycles. The van der Waals surface area contributed by atoms with Crippen LogP contribution in [0, 0.1) is 0 Å². The molecule has 0 N–H and O–H groups in total. The summed E-state index contributed by atoms with van der Waals surface area (Å²) in [6.45, 7) is 0. The van der Waals surface area contributed by atoms with Crippen LogP contribution in [-0.2, 0) is 14.6 Å². The molecule has 0 aliphatic rings. The maximum atomic E-state index is 12.3. The molecule has 0 aliphatic heterocycles. The molecule has 0 bridgehead atoms. The zero-order valence-corrected chi connectivity index (χ0v) is 18.1. The molecule has 0 radical (unpaired) electrons. The Balaban J connectivity index is 1.94. The molecule has 28 heavy (non-hydrogen) atoms. The molecule has 0 saturated carbocycles. The second kappa shape index (κ2) is 11.8. The van der Waals surface area contributed by atoms with Crippen molar-refractivity contribution in [3.8, 4) is 0 Å². The van der Waals surface area contributed by atoms with Gasteiger partial charge in [0.2, 0.25) is 0 Å². The van der Waals surface area contributed by atoms with Crippen LogP contribution in [0.4, 0.5) is 0 Å². The predicted octanol–water partition coefficient (Wildman–Crippen LogP) is 5.20. The molecule has 2 rings (SSSR count). The Labute approximate surface area is 175 Å². The average molecular weight is 465 g/mol. The Hall–Kier alpha value is -1.92. The summed E-state index contributed by atoms with van der Waals surface area (Å²) in [6.07, 6.45) is 6.29. The maximum absolute atomic E-state index is 12.3.